The highest BCUT2D eigenvalue weighted by molar-refractivity contribution is 5.96. The summed E-state index contributed by atoms with van der Waals surface area (Å²) in [7, 11) is 1.64. The molecule has 0 saturated heterocycles. The minimum Gasteiger partial charge on any atom is -0.378 e. The summed E-state index contributed by atoms with van der Waals surface area (Å²) in [5, 5.41) is 6.03. The number of benzene rings is 1. The number of anilines is 1. The molecule has 0 radical (unpaired) electrons. The number of nitrogens with one attached hydrogen (secondary N) is 2. The van der Waals surface area contributed by atoms with Crippen LogP contribution in [-0.2, 0) is 13.1 Å². The van der Waals surface area contributed by atoms with Gasteiger partial charge in [-0.1, -0.05) is 13.0 Å². The van der Waals surface area contributed by atoms with Gasteiger partial charge in [0.2, 0.25) is 0 Å². The highest BCUT2D eigenvalue weighted by atomic mass is 16.1. The Labute approximate surface area is 125 Å². The first-order valence-corrected chi connectivity index (χ1v) is 7.23. The number of nitrogens with zero attached hydrogens (tertiary/aromatic N) is 2. The maximum Gasteiger partial charge on any atom is 0.251 e. The standard InChI is InChI=1S/C16H22N4O/c1-4-9-20-10-8-18-15(20)11-19-14-7-5-6-13(12(14)2)16(21)17-3/h5-8,10,19H,4,9,11H2,1-3H3,(H,17,21). The molecular weight excluding hydrogens is 264 g/mol. The first-order chi connectivity index (χ1) is 10.2. The van der Waals surface area contributed by atoms with Crippen molar-refractivity contribution in [3.63, 3.8) is 0 Å². The van der Waals surface area contributed by atoms with Crippen LogP contribution in [0, 0.1) is 6.92 Å². The highest BCUT2D eigenvalue weighted by Crippen LogP contribution is 2.19. The molecule has 1 amide bonds. The van der Waals surface area contributed by atoms with Gasteiger partial charge in [0.25, 0.3) is 5.91 Å². The fourth-order valence-corrected chi connectivity index (χ4v) is 2.33. The molecular formula is C16H22N4O. The number of carbonyl (C=O) groups is 1. The summed E-state index contributed by atoms with van der Waals surface area (Å²) >= 11 is 0. The zero-order valence-electron chi connectivity index (χ0n) is 12.8. The summed E-state index contributed by atoms with van der Waals surface area (Å²) in [5.41, 5.74) is 2.60. The summed E-state index contributed by atoms with van der Waals surface area (Å²) in [6, 6.07) is 5.70. The minimum atomic E-state index is -0.0661. The number of carbonyl (C=O) groups excluding carboxylic acids is 1. The molecule has 21 heavy (non-hydrogen) atoms. The van der Waals surface area contributed by atoms with Crippen molar-refractivity contribution < 1.29 is 4.79 Å². The molecule has 0 atom stereocenters. The van der Waals surface area contributed by atoms with E-state index in [1.807, 2.05) is 37.5 Å². The van der Waals surface area contributed by atoms with Crippen molar-refractivity contribution in [2.75, 3.05) is 12.4 Å². The van der Waals surface area contributed by atoms with Crippen LogP contribution >= 0.6 is 0 Å². The van der Waals surface area contributed by atoms with E-state index >= 15 is 0 Å². The largest absolute Gasteiger partial charge is 0.378 e. The lowest BCUT2D eigenvalue weighted by Gasteiger charge is -2.13. The van der Waals surface area contributed by atoms with Crippen molar-refractivity contribution in [1.29, 1.82) is 0 Å². The van der Waals surface area contributed by atoms with Crippen molar-refractivity contribution in [3.8, 4) is 0 Å². The van der Waals surface area contributed by atoms with Crippen LogP contribution in [0.5, 0.6) is 0 Å². The second-order valence-corrected chi connectivity index (χ2v) is 4.95. The van der Waals surface area contributed by atoms with E-state index < -0.39 is 0 Å². The van der Waals surface area contributed by atoms with E-state index in [9.17, 15) is 4.79 Å². The molecule has 1 heterocycles. The van der Waals surface area contributed by atoms with Crippen LogP contribution in [0.15, 0.2) is 30.6 Å². The smallest absolute Gasteiger partial charge is 0.251 e. The molecule has 0 unspecified atom stereocenters. The predicted molar refractivity (Wildman–Crippen MR) is 84.4 cm³/mol. The average molecular weight is 286 g/mol. The van der Waals surface area contributed by atoms with Gasteiger partial charge in [-0.25, -0.2) is 4.98 Å². The molecule has 0 aliphatic carbocycles. The maximum absolute atomic E-state index is 11.8. The van der Waals surface area contributed by atoms with Gasteiger partial charge in [-0.05, 0) is 31.0 Å². The van der Waals surface area contributed by atoms with E-state index in [4.69, 9.17) is 0 Å². The van der Waals surface area contributed by atoms with Gasteiger partial charge >= 0.3 is 0 Å². The van der Waals surface area contributed by atoms with E-state index in [0.29, 0.717) is 12.1 Å². The van der Waals surface area contributed by atoms with Crippen molar-refractivity contribution in [2.24, 2.45) is 0 Å². The predicted octanol–water partition coefficient (Wildman–Crippen LogP) is 2.57. The van der Waals surface area contributed by atoms with Gasteiger partial charge in [0.1, 0.15) is 5.82 Å². The second-order valence-electron chi connectivity index (χ2n) is 4.95. The molecule has 5 heteroatoms. The van der Waals surface area contributed by atoms with E-state index in [2.05, 4.69) is 27.1 Å². The van der Waals surface area contributed by atoms with E-state index in [0.717, 1.165) is 30.0 Å². The summed E-state index contributed by atoms with van der Waals surface area (Å²) < 4.78 is 2.14. The lowest BCUT2D eigenvalue weighted by atomic mass is 10.1. The molecule has 0 saturated carbocycles. The van der Waals surface area contributed by atoms with Crippen LogP contribution in [-0.4, -0.2) is 22.5 Å². The van der Waals surface area contributed by atoms with Crippen LogP contribution < -0.4 is 10.6 Å². The third kappa shape index (κ3) is 3.42. The molecule has 2 rings (SSSR count). The first-order valence-electron chi connectivity index (χ1n) is 7.23. The van der Waals surface area contributed by atoms with Gasteiger partial charge in [0, 0.05) is 37.2 Å². The number of amides is 1. The van der Waals surface area contributed by atoms with Crippen molar-refractivity contribution in [1.82, 2.24) is 14.9 Å². The summed E-state index contributed by atoms with van der Waals surface area (Å²) in [6.45, 7) is 5.71. The first kappa shape index (κ1) is 15.1. The highest BCUT2D eigenvalue weighted by Gasteiger charge is 2.10. The molecule has 0 bridgehead atoms. The summed E-state index contributed by atoms with van der Waals surface area (Å²) in [6.07, 6.45) is 4.89. The Morgan fingerprint density at radius 1 is 1.38 bits per heavy atom. The fourth-order valence-electron chi connectivity index (χ4n) is 2.33. The Kier molecular flexibility index (Phi) is 4.98. The SMILES string of the molecule is CCCn1ccnc1CNc1cccc(C(=O)NC)c1C. The quantitative estimate of drug-likeness (QED) is 0.858. The van der Waals surface area contributed by atoms with Crippen molar-refractivity contribution in [3.05, 3.63) is 47.5 Å². The van der Waals surface area contributed by atoms with Crippen molar-refractivity contribution in [2.45, 2.75) is 33.4 Å². The molecule has 1 aromatic heterocycles. The number of imidazole rings is 1. The Morgan fingerprint density at radius 2 is 2.19 bits per heavy atom. The number of aryl methyl sites for hydroxylation is 1. The van der Waals surface area contributed by atoms with Crippen molar-refractivity contribution >= 4 is 11.6 Å². The zero-order valence-corrected chi connectivity index (χ0v) is 12.8. The average Bonchev–Trinajstić information content (AvgIpc) is 2.93. The third-order valence-corrected chi connectivity index (χ3v) is 3.51. The van der Waals surface area contributed by atoms with Crippen LogP contribution in [0.3, 0.4) is 0 Å². The molecule has 0 aliphatic heterocycles. The zero-order chi connectivity index (χ0) is 15.2. The Morgan fingerprint density at radius 3 is 2.90 bits per heavy atom. The lowest BCUT2D eigenvalue weighted by Crippen LogP contribution is -2.19. The van der Waals surface area contributed by atoms with E-state index in [1.165, 1.54) is 0 Å². The fraction of sp³-hybridized carbons (Fsp3) is 0.375. The van der Waals surface area contributed by atoms with Gasteiger partial charge in [0.15, 0.2) is 0 Å². The Hall–Kier alpha value is -2.30. The summed E-state index contributed by atoms with van der Waals surface area (Å²) in [4.78, 5) is 16.2. The number of aromatic nitrogens is 2. The number of hydrogen-bond donors (Lipinski definition) is 2. The molecule has 1 aromatic carbocycles. The van der Waals surface area contributed by atoms with Gasteiger partial charge in [0.05, 0.1) is 6.54 Å². The van der Waals surface area contributed by atoms with Crippen LogP contribution in [0.2, 0.25) is 0 Å². The van der Waals surface area contributed by atoms with Gasteiger partial charge in [-0.2, -0.15) is 0 Å². The van der Waals surface area contributed by atoms with Gasteiger partial charge < -0.3 is 15.2 Å². The molecule has 0 fully saturated rings. The van der Waals surface area contributed by atoms with E-state index in [-0.39, 0.29) is 5.91 Å². The number of hydrogen-bond acceptors (Lipinski definition) is 3. The topological polar surface area (TPSA) is 59.0 Å². The molecule has 5 nitrogen and oxygen atoms in total. The minimum absolute atomic E-state index is 0.0661. The Balaban J connectivity index is 2.13. The van der Waals surface area contributed by atoms with Crippen LogP contribution in [0.1, 0.15) is 35.1 Å². The summed E-state index contributed by atoms with van der Waals surface area (Å²) in [5.74, 6) is 0.935. The molecule has 2 aromatic rings. The monoisotopic (exact) mass is 286 g/mol. The molecule has 2 N–H and O–H groups in total. The van der Waals surface area contributed by atoms with Crippen LogP contribution in [0.25, 0.3) is 0 Å². The van der Waals surface area contributed by atoms with Gasteiger partial charge in [-0.15, -0.1) is 0 Å². The second kappa shape index (κ2) is 6.92. The maximum atomic E-state index is 11.8. The third-order valence-electron chi connectivity index (χ3n) is 3.51. The molecule has 112 valence electrons. The van der Waals surface area contributed by atoms with Crippen LogP contribution in [0.4, 0.5) is 5.69 Å². The molecule has 0 spiro atoms. The molecule has 0 aliphatic rings. The normalized spacial score (nSPS) is 10.4. The van der Waals surface area contributed by atoms with Gasteiger partial charge in [-0.3, -0.25) is 4.79 Å². The Bertz CT molecular complexity index is 618. The number of rotatable bonds is 6. The van der Waals surface area contributed by atoms with E-state index in [1.54, 1.807) is 7.05 Å². The lowest BCUT2D eigenvalue weighted by molar-refractivity contribution is 0.0962.